The molecule has 4 nitrogen and oxygen atoms in total. The second kappa shape index (κ2) is 10.2. The molecular weight excluding hydrogens is 463 g/mol. The molecule has 34 heavy (non-hydrogen) atoms. The molecule has 2 N–H and O–H groups in total. The van der Waals surface area contributed by atoms with E-state index in [2.05, 4.69) is 34.7 Å². The van der Waals surface area contributed by atoms with Crippen molar-refractivity contribution in [2.45, 2.75) is 44.8 Å². The Morgan fingerprint density at radius 2 is 1.79 bits per heavy atom. The monoisotopic (exact) mass is 489 g/mol. The third kappa shape index (κ3) is 5.63. The van der Waals surface area contributed by atoms with Gasteiger partial charge in [0, 0.05) is 12.6 Å². The summed E-state index contributed by atoms with van der Waals surface area (Å²) in [6.07, 6.45) is -1.16. The number of alkyl halides is 3. The van der Waals surface area contributed by atoms with Gasteiger partial charge in [-0.1, -0.05) is 41.9 Å². The van der Waals surface area contributed by atoms with E-state index in [9.17, 15) is 18.0 Å². The van der Waals surface area contributed by atoms with Crippen LogP contribution in [0.4, 0.5) is 13.2 Å². The number of carbonyl (C=O) groups is 1. The van der Waals surface area contributed by atoms with Crippen LogP contribution in [0.15, 0.2) is 59.1 Å². The first kappa shape index (κ1) is 24.3. The fourth-order valence-electron chi connectivity index (χ4n) is 4.56. The van der Waals surface area contributed by atoms with Gasteiger partial charge in [0.25, 0.3) is 5.91 Å². The van der Waals surface area contributed by atoms with Gasteiger partial charge in [-0.25, -0.2) is 0 Å². The third-order valence-electron chi connectivity index (χ3n) is 6.60. The average molecular weight is 490 g/mol. The molecule has 180 valence electrons. The lowest BCUT2D eigenvalue weighted by Crippen LogP contribution is -2.40. The summed E-state index contributed by atoms with van der Waals surface area (Å²) >= 11 is 6.00. The maximum absolute atomic E-state index is 13.0. The van der Waals surface area contributed by atoms with E-state index in [1.165, 1.54) is 16.7 Å². The molecule has 0 bridgehead atoms. The number of aliphatic imine (C=N–C) groups is 1. The Kier molecular flexibility index (Phi) is 7.31. The summed E-state index contributed by atoms with van der Waals surface area (Å²) in [4.78, 5) is 17.2. The van der Waals surface area contributed by atoms with Crippen LogP contribution in [0, 0.1) is 5.92 Å². The normalized spacial score (nSPS) is 20.8. The highest BCUT2D eigenvalue weighted by Crippen LogP contribution is 2.32. The van der Waals surface area contributed by atoms with Crippen LogP contribution in [0.25, 0.3) is 5.57 Å². The lowest BCUT2D eigenvalue weighted by Gasteiger charge is -2.29. The summed E-state index contributed by atoms with van der Waals surface area (Å²) < 4.78 is 39.0. The summed E-state index contributed by atoms with van der Waals surface area (Å²) in [6, 6.07) is 13.0. The highest BCUT2D eigenvalue weighted by atomic mass is 35.5. The fraction of sp³-hybridized carbons (Fsp3) is 0.385. The molecule has 2 aliphatic rings. The second-order valence-corrected chi connectivity index (χ2v) is 9.31. The zero-order valence-corrected chi connectivity index (χ0v) is 19.6. The molecule has 1 fully saturated rings. The topological polar surface area (TPSA) is 53.5 Å². The van der Waals surface area contributed by atoms with Gasteiger partial charge in [-0.3, -0.25) is 9.79 Å². The quantitative estimate of drug-likeness (QED) is 0.531. The van der Waals surface area contributed by atoms with Crippen LogP contribution in [-0.4, -0.2) is 30.9 Å². The largest absolute Gasteiger partial charge is 0.416 e. The Morgan fingerprint density at radius 3 is 2.47 bits per heavy atom. The van der Waals surface area contributed by atoms with Gasteiger partial charge < -0.3 is 10.6 Å². The number of amidine groups is 1. The van der Waals surface area contributed by atoms with Crippen LogP contribution in [0.2, 0.25) is 5.02 Å². The maximum atomic E-state index is 13.0. The Labute approximate surface area is 202 Å². The number of hydrogen-bond acceptors (Lipinski definition) is 3. The van der Waals surface area contributed by atoms with E-state index >= 15 is 0 Å². The predicted molar refractivity (Wildman–Crippen MR) is 129 cm³/mol. The van der Waals surface area contributed by atoms with Gasteiger partial charge in [0.2, 0.25) is 0 Å². The number of rotatable bonds is 5. The van der Waals surface area contributed by atoms with Gasteiger partial charge in [-0.2, -0.15) is 13.2 Å². The lowest BCUT2D eigenvalue weighted by molar-refractivity contribution is -0.137. The summed E-state index contributed by atoms with van der Waals surface area (Å²) in [6.45, 7) is 3.57. The van der Waals surface area contributed by atoms with Crippen molar-refractivity contribution in [1.82, 2.24) is 10.6 Å². The number of benzene rings is 2. The van der Waals surface area contributed by atoms with Gasteiger partial charge in [0.15, 0.2) is 0 Å². The smallest absolute Gasteiger partial charge is 0.370 e. The fourth-order valence-corrected chi connectivity index (χ4v) is 4.77. The minimum Gasteiger partial charge on any atom is -0.370 e. The number of hydrogen-bond donors (Lipinski definition) is 2. The van der Waals surface area contributed by atoms with Crippen molar-refractivity contribution in [3.63, 3.8) is 0 Å². The van der Waals surface area contributed by atoms with Crippen molar-refractivity contribution in [2.75, 3.05) is 13.1 Å². The molecule has 0 spiro atoms. The minimum absolute atomic E-state index is 0.0130. The second-order valence-electron chi connectivity index (χ2n) is 8.90. The van der Waals surface area contributed by atoms with Gasteiger partial charge in [-0.15, -0.1) is 0 Å². The van der Waals surface area contributed by atoms with Crippen LogP contribution >= 0.6 is 11.6 Å². The van der Waals surface area contributed by atoms with E-state index in [1.54, 1.807) is 0 Å². The minimum atomic E-state index is -4.52. The number of nitrogens with one attached hydrogen (secondary N) is 2. The lowest BCUT2D eigenvalue weighted by atomic mass is 9.85. The summed E-state index contributed by atoms with van der Waals surface area (Å²) in [7, 11) is 0. The van der Waals surface area contributed by atoms with Crippen molar-refractivity contribution in [3.8, 4) is 0 Å². The van der Waals surface area contributed by atoms with E-state index in [0.717, 1.165) is 56.3 Å². The molecule has 1 aliphatic heterocycles. The maximum Gasteiger partial charge on any atom is 0.416 e. The van der Waals surface area contributed by atoms with Crippen LogP contribution < -0.4 is 10.6 Å². The van der Waals surface area contributed by atoms with Gasteiger partial charge in [0.1, 0.15) is 5.84 Å². The Morgan fingerprint density at radius 1 is 1.09 bits per heavy atom. The predicted octanol–water partition coefficient (Wildman–Crippen LogP) is 6.12. The molecule has 1 saturated carbocycles. The van der Waals surface area contributed by atoms with Crippen molar-refractivity contribution >= 4 is 28.9 Å². The van der Waals surface area contributed by atoms with E-state index in [0.29, 0.717) is 12.5 Å². The van der Waals surface area contributed by atoms with Crippen molar-refractivity contribution in [1.29, 1.82) is 0 Å². The zero-order chi connectivity index (χ0) is 24.3. The molecule has 2 aromatic carbocycles. The summed E-state index contributed by atoms with van der Waals surface area (Å²) in [5.74, 6) is 0.822. The highest BCUT2D eigenvalue weighted by molar-refractivity contribution is 6.33. The molecule has 4 rings (SSSR count). The average Bonchev–Trinajstić information content (AvgIpc) is 3.19. The van der Waals surface area contributed by atoms with Crippen LogP contribution in [0.5, 0.6) is 0 Å². The molecule has 1 aliphatic carbocycles. The molecule has 0 saturated heterocycles. The number of nitrogens with zero attached hydrogens (tertiary/aromatic N) is 1. The van der Waals surface area contributed by atoms with E-state index in [4.69, 9.17) is 11.6 Å². The van der Waals surface area contributed by atoms with Crippen LogP contribution in [-0.2, 0) is 6.18 Å². The number of carbonyl (C=O) groups excluding carboxylic acids is 1. The van der Waals surface area contributed by atoms with Crippen LogP contribution in [0.3, 0.4) is 0 Å². The van der Waals surface area contributed by atoms with Crippen LogP contribution in [0.1, 0.15) is 54.1 Å². The zero-order valence-electron chi connectivity index (χ0n) is 18.9. The number of halogens is 4. The standard InChI is InChI=1S/C26H27ClF3N3O/c1-16-22(18-5-3-2-4-6-18)15-32-24(16)31-14-17-7-10-20(11-8-17)33-25(34)21-13-19(26(28,29)30)9-12-23(21)27/h2-6,9,12-13,17,20H,7-8,10-11,14-15H2,1H3,(H,31,32)(H,33,34). The molecule has 0 radical (unpaired) electrons. The summed E-state index contributed by atoms with van der Waals surface area (Å²) in [5.41, 5.74) is 2.58. The van der Waals surface area contributed by atoms with E-state index < -0.39 is 17.6 Å². The highest BCUT2D eigenvalue weighted by Gasteiger charge is 2.32. The van der Waals surface area contributed by atoms with E-state index in [-0.39, 0.29) is 16.6 Å². The van der Waals surface area contributed by atoms with Gasteiger partial charge >= 0.3 is 6.18 Å². The Hall–Kier alpha value is -2.80. The van der Waals surface area contributed by atoms with Crippen molar-refractivity contribution in [3.05, 3.63) is 75.8 Å². The first-order chi connectivity index (χ1) is 16.2. The van der Waals surface area contributed by atoms with Gasteiger partial charge in [-0.05, 0) is 73.4 Å². The third-order valence-corrected chi connectivity index (χ3v) is 6.93. The first-order valence-corrected chi connectivity index (χ1v) is 11.8. The van der Waals surface area contributed by atoms with Gasteiger partial charge in [0.05, 0.1) is 22.7 Å². The Bertz CT molecular complexity index is 1100. The first-order valence-electron chi connectivity index (χ1n) is 11.4. The molecule has 1 amide bonds. The Balaban J connectivity index is 1.27. The SMILES string of the molecule is CC1=C(c2ccccc2)CN=C1NCC1CCC(NC(=O)c2cc(C(F)(F)F)ccc2Cl)CC1. The summed E-state index contributed by atoms with van der Waals surface area (Å²) in [5, 5.41) is 6.36. The molecule has 8 heteroatoms. The van der Waals surface area contributed by atoms with Crippen molar-refractivity contribution < 1.29 is 18.0 Å². The van der Waals surface area contributed by atoms with Crippen molar-refractivity contribution in [2.24, 2.45) is 10.9 Å². The van der Waals surface area contributed by atoms with E-state index in [1.807, 2.05) is 18.2 Å². The molecule has 0 aromatic heterocycles. The molecule has 1 heterocycles. The molecule has 0 unspecified atom stereocenters. The molecular formula is C26H27ClF3N3O. The molecule has 2 aromatic rings. The number of amides is 1. The molecule has 0 atom stereocenters.